The fourth-order valence-electron chi connectivity index (χ4n) is 2.88. The number of nitrogens with two attached hydrogens (primary N) is 1. The van der Waals surface area contributed by atoms with Gasteiger partial charge in [0.25, 0.3) is 0 Å². The molecule has 1 fully saturated rings. The van der Waals surface area contributed by atoms with Crippen molar-refractivity contribution in [2.24, 2.45) is 5.92 Å². The van der Waals surface area contributed by atoms with Gasteiger partial charge in [0.05, 0.1) is 22.3 Å². The van der Waals surface area contributed by atoms with Crippen molar-refractivity contribution in [3.05, 3.63) is 22.2 Å². The van der Waals surface area contributed by atoms with Gasteiger partial charge in [-0.15, -0.1) is 0 Å². The van der Waals surface area contributed by atoms with E-state index < -0.39 is 0 Å². The van der Waals surface area contributed by atoms with Gasteiger partial charge in [-0.05, 0) is 37.4 Å². The van der Waals surface area contributed by atoms with Gasteiger partial charge in [-0.25, -0.2) is 0 Å². The predicted octanol–water partition coefficient (Wildman–Crippen LogP) is 3.63. The Kier molecular flexibility index (Phi) is 5.36. The zero-order valence-electron chi connectivity index (χ0n) is 12.3. The Labute approximate surface area is 135 Å². The summed E-state index contributed by atoms with van der Waals surface area (Å²) in [6.45, 7) is 5.70. The van der Waals surface area contributed by atoms with Crippen LogP contribution < -0.4 is 11.1 Å². The van der Waals surface area contributed by atoms with Crippen molar-refractivity contribution >= 4 is 40.5 Å². The van der Waals surface area contributed by atoms with Crippen LogP contribution in [0.4, 0.5) is 11.4 Å². The molecular weight excluding hydrogens is 309 g/mol. The number of nitrogens with one attached hydrogen (secondary N) is 1. The monoisotopic (exact) mass is 329 g/mol. The number of amides is 1. The van der Waals surface area contributed by atoms with E-state index in [1.165, 1.54) is 0 Å². The van der Waals surface area contributed by atoms with Gasteiger partial charge < -0.3 is 11.1 Å². The lowest BCUT2D eigenvalue weighted by Crippen LogP contribution is -2.39. The Morgan fingerprint density at radius 3 is 2.62 bits per heavy atom. The molecule has 1 aromatic carbocycles. The Morgan fingerprint density at radius 2 is 2.05 bits per heavy atom. The first-order valence-corrected chi connectivity index (χ1v) is 7.92. The van der Waals surface area contributed by atoms with E-state index in [-0.39, 0.29) is 5.91 Å². The maximum atomic E-state index is 12.2. The molecule has 1 aliphatic heterocycles. The number of nitrogen functional groups attached to an aromatic ring is 1. The van der Waals surface area contributed by atoms with Crippen LogP contribution in [0.25, 0.3) is 0 Å². The second-order valence-electron chi connectivity index (χ2n) is 5.83. The molecule has 0 spiro atoms. The van der Waals surface area contributed by atoms with Gasteiger partial charge in [-0.1, -0.05) is 37.0 Å². The maximum absolute atomic E-state index is 12.2. The summed E-state index contributed by atoms with van der Waals surface area (Å²) in [6, 6.07) is 3.62. The first-order chi connectivity index (χ1) is 9.88. The quantitative estimate of drug-likeness (QED) is 0.829. The Bertz CT molecular complexity index is 511. The first kappa shape index (κ1) is 16.4. The maximum Gasteiger partial charge on any atom is 0.238 e. The topological polar surface area (TPSA) is 58.4 Å². The molecule has 1 saturated heterocycles. The van der Waals surface area contributed by atoms with Gasteiger partial charge in [0.15, 0.2) is 0 Å². The van der Waals surface area contributed by atoms with Gasteiger partial charge in [0.1, 0.15) is 0 Å². The molecule has 0 aromatic heterocycles. The van der Waals surface area contributed by atoms with Crippen molar-refractivity contribution in [1.82, 2.24) is 4.90 Å². The standard InChI is InChI=1S/C15H21Cl2N3O/c1-9(2)13-4-3-5-20(13)8-14(21)19-15-11(16)6-10(18)7-12(15)17/h6-7,9,13H,3-5,8,18H2,1-2H3,(H,19,21). The minimum Gasteiger partial charge on any atom is -0.399 e. The lowest BCUT2D eigenvalue weighted by atomic mass is 10.0. The fraction of sp³-hybridized carbons (Fsp3) is 0.533. The highest BCUT2D eigenvalue weighted by Crippen LogP contribution is 2.33. The van der Waals surface area contributed by atoms with Crippen molar-refractivity contribution < 1.29 is 4.79 Å². The van der Waals surface area contributed by atoms with Crippen LogP contribution in [0, 0.1) is 5.92 Å². The second kappa shape index (κ2) is 6.86. The number of likely N-dealkylation sites (tertiary alicyclic amines) is 1. The molecule has 3 N–H and O–H groups in total. The van der Waals surface area contributed by atoms with E-state index >= 15 is 0 Å². The highest BCUT2D eigenvalue weighted by Gasteiger charge is 2.28. The van der Waals surface area contributed by atoms with Gasteiger partial charge in [-0.3, -0.25) is 9.69 Å². The third-order valence-corrected chi connectivity index (χ3v) is 4.46. The van der Waals surface area contributed by atoms with Crippen LogP contribution in [0.15, 0.2) is 12.1 Å². The molecule has 0 radical (unpaired) electrons. The average Bonchev–Trinajstić information content (AvgIpc) is 2.82. The molecule has 2 rings (SSSR count). The first-order valence-electron chi connectivity index (χ1n) is 7.17. The molecule has 4 nitrogen and oxygen atoms in total. The predicted molar refractivity (Wildman–Crippen MR) is 88.9 cm³/mol. The molecule has 0 bridgehead atoms. The van der Waals surface area contributed by atoms with E-state index in [4.69, 9.17) is 28.9 Å². The molecule has 116 valence electrons. The molecule has 1 aliphatic rings. The summed E-state index contributed by atoms with van der Waals surface area (Å²) < 4.78 is 0. The van der Waals surface area contributed by atoms with Crippen LogP contribution >= 0.6 is 23.2 Å². The van der Waals surface area contributed by atoms with Crippen LogP contribution in [-0.4, -0.2) is 29.9 Å². The highest BCUT2D eigenvalue weighted by atomic mass is 35.5. The van der Waals surface area contributed by atoms with Crippen molar-refractivity contribution in [1.29, 1.82) is 0 Å². The smallest absolute Gasteiger partial charge is 0.238 e. The van der Waals surface area contributed by atoms with E-state index in [2.05, 4.69) is 24.1 Å². The summed E-state index contributed by atoms with van der Waals surface area (Å²) in [4.78, 5) is 14.4. The molecule has 1 unspecified atom stereocenters. The number of carbonyl (C=O) groups is 1. The molecule has 1 aromatic rings. The summed E-state index contributed by atoms with van der Waals surface area (Å²) >= 11 is 12.2. The van der Waals surface area contributed by atoms with Crippen molar-refractivity contribution in [3.63, 3.8) is 0 Å². The number of carbonyl (C=O) groups excluding carboxylic acids is 1. The number of hydrogen-bond donors (Lipinski definition) is 2. The lowest BCUT2D eigenvalue weighted by Gasteiger charge is -2.27. The zero-order chi connectivity index (χ0) is 15.6. The van der Waals surface area contributed by atoms with Gasteiger partial charge >= 0.3 is 0 Å². The van der Waals surface area contributed by atoms with E-state index in [1.54, 1.807) is 12.1 Å². The summed E-state index contributed by atoms with van der Waals surface area (Å²) in [5.41, 5.74) is 6.56. The van der Waals surface area contributed by atoms with Crippen LogP contribution in [0.5, 0.6) is 0 Å². The minimum atomic E-state index is -0.101. The fourth-order valence-corrected chi connectivity index (χ4v) is 3.48. The normalized spacial score (nSPS) is 19.2. The summed E-state index contributed by atoms with van der Waals surface area (Å²) in [5.74, 6) is 0.445. The number of benzene rings is 1. The van der Waals surface area contributed by atoms with Crippen molar-refractivity contribution in [2.75, 3.05) is 24.1 Å². The van der Waals surface area contributed by atoms with Gasteiger partial charge in [0, 0.05) is 11.7 Å². The highest BCUT2D eigenvalue weighted by molar-refractivity contribution is 6.40. The van der Waals surface area contributed by atoms with Crippen molar-refractivity contribution in [2.45, 2.75) is 32.7 Å². The molecule has 21 heavy (non-hydrogen) atoms. The number of halogens is 2. The van der Waals surface area contributed by atoms with Crippen molar-refractivity contribution in [3.8, 4) is 0 Å². The van der Waals surface area contributed by atoms with Crippen LogP contribution in [0.3, 0.4) is 0 Å². The average molecular weight is 330 g/mol. The number of rotatable bonds is 4. The number of hydrogen-bond acceptors (Lipinski definition) is 3. The number of anilines is 2. The third-order valence-electron chi connectivity index (χ3n) is 3.86. The summed E-state index contributed by atoms with van der Waals surface area (Å²) in [5, 5.41) is 3.51. The lowest BCUT2D eigenvalue weighted by molar-refractivity contribution is -0.117. The SMILES string of the molecule is CC(C)C1CCCN1CC(=O)Nc1c(Cl)cc(N)cc1Cl. The minimum absolute atomic E-state index is 0.101. The van der Waals surface area contributed by atoms with E-state index in [9.17, 15) is 4.79 Å². The summed E-state index contributed by atoms with van der Waals surface area (Å²) in [6.07, 6.45) is 2.29. The molecule has 1 heterocycles. The Hall–Kier alpha value is -0.970. The Morgan fingerprint density at radius 1 is 1.43 bits per heavy atom. The van der Waals surface area contributed by atoms with E-state index in [0.717, 1.165) is 19.4 Å². The van der Waals surface area contributed by atoms with E-state index in [0.29, 0.717) is 39.9 Å². The summed E-state index contributed by atoms with van der Waals surface area (Å²) in [7, 11) is 0. The largest absolute Gasteiger partial charge is 0.399 e. The van der Waals surface area contributed by atoms with Gasteiger partial charge in [-0.2, -0.15) is 0 Å². The number of nitrogens with zero attached hydrogens (tertiary/aromatic N) is 1. The molecule has 0 saturated carbocycles. The molecule has 1 atom stereocenters. The molecular formula is C15H21Cl2N3O. The zero-order valence-corrected chi connectivity index (χ0v) is 13.8. The Balaban J connectivity index is 2.02. The molecule has 1 amide bonds. The third kappa shape index (κ3) is 4.02. The van der Waals surface area contributed by atoms with Gasteiger partial charge in [0.2, 0.25) is 5.91 Å². The van der Waals surface area contributed by atoms with Crippen LogP contribution in [0.1, 0.15) is 26.7 Å². The van der Waals surface area contributed by atoms with Crippen LogP contribution in [-0.2, 0) is 4.79 Å². The van der Waals surface area contributed by atoms with E-state index in [1.807, 2.05) is 0 Å². The molecule has 6 heteroatoms. The van der Waals surface area contributed by atoms with Crippen LogP contribution in [0.2, 0.25) is 10.0 Å². The molecule has 0 aliphatic carbocycles. The second-order valence-corrected chi connectivity index (χ2v) is 6.65.